The first kappa shape index (κ1) is 10.1. The fraction of sp³-hybridized carbons (Fsp3) is 0.615. The van der Waals surface area contributed by atoms with Crippen molar-refractivity contribution < 1.29 is 0 Å². The van der Waals surface area contributed by atoms with E-state index in [1.54, 1.807) is 0 Å². The molecule has 2 bridgehead atoms. The second-order valence-corrected chi connectivity index (χ2v) is 5.02. The van der Waals surface area contributed by atoms with Crippen molar-refractivity contribution in [2.75, 3.05) is 18.5 Å². The summed E-state index contributed by atoms with van der Waals surface area (Å²) in [6.45, 7) is 2.18. The van der Waals surface area contributed by atoms with Crippen LogP contribution in [-0.2, 0) is 6.54 Å². The number of aromatic nitrogens is 1. The van der Waals surface area contributed by atoms with E-state index in [4.69, 9.17) is 0 Å². The Morgan fingerprint density at radius 2 is 2.44 bits per heavy atom. The van der Waals surface area contributed by atoms with Crippen molar-refractivity contribution in [3.8, 4) is 0 Å². The monoisotopic (exact) mass is 217 g/mol. The summed E-state index contributed by atoms with van der Waals surface area (Å²) >= 11 is 0. The van der Waals surface area contributed by atoms with Gasteiger partial charge in [0.05, 0.1) is 11.9 Å². The van der Waals surface area contributed by atoms with Crippen LogP contribution in [0.15, 0.2) is 18.5 Å². The van der Waals surface area contributed by atoms with Crippen molar-refractivity contribution in [1.82, 2.24) is 10.3 Å². The number of fused-ring (bicyclic) bond motifs is 2. The summed E-state index contributed by atoms with van der Waals surface area (Å²) in [6, 6.07) is 2.92. The number of pyridine rings is 1. The van der Waals surface area contributed by atoms with Crippen molar-refractivity contribution >= 4 is 5.69 Å². The van der Waals surface area contributed by atoms with E-state index in [1.807, 2.05) is 19.4 Å². The van der Waals surface area contributed by atoms with Crippen LogP contribution >= 0.6 is 0 Å². The fourth-order valence-electron chi connectivity index (χ4n) is 3.23. The maximum absolute atomic E-state index is 4.29. The van der Waals surface area contributed by atoms with Crippen LogP contribution < -0.4 is 10.2 Å². The minimum atomic E-state index is 0.782. The zero-order chi connectivity index (χ0) is 11.0. The highest BCUT2D eigenvalue weighted by molar-refractivity contribution is 5.54. The van der Waals surface area contributed by atoms with Crippen LogP contribution in [0.4, 0.5) is 5.69 Å². The molecule has 3 heteroatoms. The average Bonchev–Trinajstić information content (AvgIpc) is 2.92. The Morgan fingerprint density at radius 3 is 3.12 bits per heavy atom. The first-order chi connectivity index (χ1) is 7.88. The molecule has 0 aromatic carbocycles. The van der Waals surface area contributed by atoms with Gasteiger partial charge in [-0.1, -0.05) is 0 Å². The summed E-state index contributed by atoms with van der Waals surface area (Å²) < 4.78 is 0. The Bertz CT molecular complexity index is 377. The van der Waals surface area contributed by atoms with Crippen LogP contribution in [0, 0.1) is 5.92 Å². The molecule has 3 rings (SSSR count). The Morgan fingerprint density at radius 1 is 1.50 bits per heavy atom. The number of anilines is 1. The van der Waals surface area contributed by atoms with Gasteiger partial charge in [0.1, 0.15) is 0 Å². The van der Waals surface area contributed by atoms with E-state index in [1.165, 1.54) is 37.1 Å². The maximum atomic E-state index is 4.29. The highest BCUT2D eigenvalue weighted by atomic mass is 15.2. The minimum Gasteiger partial charge on any atom is -0.367 e. The van der Waals surface area contributed by atoms with Crippen molar-refractivity contribution in [3.63, 3.8) is 0 Å². The normalized spacial score (nSPS) is 27.7. The third kappa shape index (κ3) is 1.59. The van der Waals surface area contributed by atoms with Crippen molar-refractivity contribution in [3.05, 3.63) is 24.0 Å². The van der Waals surface area contributed by atoms with Crippen LogP contribution in [0.1, 0.15) is 24.8 Å². The van der Waals surface area contributed by atoms with Crippen LogP contribution in [-0.4, -0.2) is 24.6 Å². The summed E-state index contributed by atoms with van der Waals surface area (Å²) in [4.78, 5) is 6.86. The molecule has 1 N–H and O–H groups in total. The molecule has 2 unspecified atom stereocenters. The Hall–Kier alpha value is -1.09. The van der Waals surface area contributed by atoms with Gasteiger partial charge >= 0.3 is 0 Å². The zero-order valence-corrected chi connectivity index (χ0v) is 9.82. The number of rotatable bonds is 3. The van der Waals surface area contributed by atoms with Gasteiger partial charge in [-0.3, -0.25) is 4.98 Å². The van der Waals surface area contributed by atoms with Gasteiger partial charge in [0, 0.05) is 25.3 Å². The first-order valence-corrected chi connectivity index (χ1v) is 6.22. The van der Waals surface area contributed by atoms with Crippen LogP contribution in [0.5, 0.6) is 0 Å². The molecular weight excluding hydrogens is 198 g/mol. The third-order valence-electron chi connectivity index (χ3n) is 3.97. The smallest absolute Gasteiger partial charge is 0.0600 e. The van der Waals surface area contributed by atoms with Crippen LogP contribution in [0.2, 0.25) is 0 Å². The molecule has 2 atom stereocenters. The molecule has 2 heterocycles. The molecule has 0 spiro atoms. The minimum absolute atomic E-state index is 0.782. The Labute approximate surface area is 96.9 Å². The summed E-state index contributed by atoms with van der Waals surface area (Å²) in [5, 5.41) is 3.24. The van der Waals surface area contributed by atoms with E-state index in [2.05, 4.69) is 21.3 Å². The Balaban J connectivity index is 1.88. The summed E-state index contributed by atoms with van der Waals surface area (Å²) in [5.41, 5.74) is 2.73. The number of hydrogen-bond donors (Lipinski definition) is 1. The van der Waals surface area contributed by atoms with Crippen molar-refractivity contribution in [2.24, 2.45) is 5.92 Å². The SMILES string of the molecule is CNCc1ccncc1N1CC2CCC1C2. The average molecular weight is 217 g/mol. The summed E-state index contributed by atoms with van der Waals surface area (Å²) in [5.74, 6) is 0.938. The molecule has 86 valence electrons. The Kier molecular flexibility index (Phi) is 2.56. The molecular formula is C13H19N3. The van der Waals surface area contributed by atoms with Gasteiger partial charge in [-0.25, -0.2) is 0 Å². The highest BCUT2D eigenvalue weighted by Crippen LogP contribution is 2.40. The van der Waals surface area contributed by atoms with Gasteiger partial charge in [-0.15, -0.1) is 0 Å². The lowest BCUT2D eigenvalue weighted by molar-refractivity contribution is 0.551. The number of hydrogen-bond acceptors (Lipinski definition) is 3. The summed E-state index contributed by atoms with van der Waals surface area (Å²) in [7, 11) is 2.00. The van der Waals surface area contributed by atoms with Gasteiger partial charge in [-0.05, 0) is 43.9 Å². The number of piperidine rings is 1. The third-order valence-corrected chi connectivity index (χ3v) is 3.97. The van der Waals surface area contributed by atoms with E-state index in [0.29, 0.717) is 0 Å². The number of nitrogens with zero attached hydrogens (tertiary/aromatic N) is 2. The zero-order valence-electron chi connectivity index (χ0n) is 9.82. The fourth-order valence-corrected chi connectivity index (χ4v) is 3.23. The van der Waals surface area contributed by atoms with Gasteiger partial charge in [0.2, 0.25) is 0 Å². The quantitative estimate of drug-likeness (QED) is 0.836. The van der Waals surface area contributed by atoms with E-state index in [9.17, 15) is 0 Å². The van der Waals surface area contributed by atoms with Gasteiger partial charge in [0.25, 0.3) is 0 Å². The lowest BCUT2D eigenvalue weighted by atomic mass is 10.1. The standard InChI is InChI=1S/C13H19N3/c1-14-7-11-4-5-15-8-13(11)16-9-10-2-3-12(16)6-10/h4-5,8,10,12,14H,2-3,6-7,9H2,1H3. The molecule has 16 heavy (non-hydrogen) atoms. The molecule has 1 aliphatic heterocycles. The van der Waals surface area contributed by atoms with E-state index in [0.717, 1.165) is 18.5 Å². The van der Waals surface area contributed by atoms with E-state index < -0.39 is 0 Å². The first-order valence-electron chi connectivity index (χ1n) is 6.22. The molecule has 2 fully saturated rings. The van der Waals surface area contributed by atoms with Gasteiger partial charge in [-0.2, -0.15) is 0 Å². The summed E-state index contributed by atoms with van der Waals surface area (Å²) in [6.07, 6.45) is 8.13. The van der Waals surface area contributed by atoms with Crippen LogP contribution in [0.25, 0.3) is 0 Å². The predicted molar refractivity (Wildman–Crippen MR) is 65.5 cm³/mol. The molecule has 0 radical (unpaired) electrons. The van der Waals surface area contributed by atoms with Crippen LogP contribution in [0.3, 0.4) is 0 Å². The topological polar surface area (TPSA) is 28.2 Å². The molecule has 1 aromatic heterocycles. The predicted octanol–water partition coefficient (Wildman–Crippen LogP) is 1.79. The van der Waals surface area contributed by atoms with E-state index >= 15 is 0 Å². The molecule has 1 saturated heterocycles. The molecule has 3 nitrogen and oxygen atoms in total. The lowest BCUT2D eigenvalue weighted by Crippen LogP contribution is -2.33. The molecule has 1 aromatic rings. The second-order valence-electron chi connectivity index (χ2n) is 5.02. The lowest BCUT2D eigenvalue weighted by Gasteiger charge is -2.30. The second kappa shape index (κ2) is 4.06. The number of nitrogens with one attached hydrogen (secondary N) is 1. The molecule has 0 amide bonds. The van der Waals surface area contributed by atoms with Gasteiger partial charge < -0.3 is 10.2 Å². The van der Waals surface area contributed by atoms with Crippen molar-refractivity contribution in [1.29, 1.82) is 0 Å². The molecule has 1 saturated carbocycles. The largest absolute Gasteiger partial charge is 0.367 e. The van der Waals surface area contributed by atoms with Crippen molar-refractivity contribution in [2.45, 2.75) is 31.8 Å². The van der Waals surface area contributed by atoms with Gasteiger partial charge in [0.15, 0.2) is 0 Å². The van der Waals surface area contributed by atoms with E-state index in [-0.39, 0.29) is 0 Å². The highest BCUT2D eigenvalue weighted by Gasteiger charge is 2.38. The molecule has 2 aliphatic rings. The molecule has 1 aliphatic carbocycles. The maximum Gasteiger partial charge on any atom is 0.0600 e.